The van der Waals surface area contributed by atoms with Crippen molar-refractivity contribution >= 4 is 11.6 Å². The van der Waals surface area contributed by atoms with Crippen LogP contribution >= 0.6 is 0 Å². The molecular weight excluding hydrogens is 152 g/mol. The summed E-state index contributed by atoms with van der Waals surface area (Å²) in [6, 6.07) is 0. The first kappa shape index (κ1) is 7.22. The van der Waals surface area contributed by atoms with Gasteiger partial charge in [0.05, 0.1) is 0 Å². The molecule has 0 aliphatic heterocycles. The average molecular weight is 160 g/mol. The molecule has 0 heterocycles. The summed E-state index contributed by atoms with van der Waals surface area (Å²) in [7, 11) is 0. The quantitative estimate of drug-likeness (QED) is 0.501. The minimum absolute atomic E-state index is 0.0601. The maximum atomic E-state index is 11.2. The second-order valence-electron chi connectivity index (χ2n) is 2.89. The summed E-state index contributed by atoms with van der Waals surface area (Å²) in [4.78, 5) is 22.4. The van der Waals surface area contributed by atoms with E-state index in [0.29, 0.717) is 24.0 Å². The maximum absolute atomic E-state index is 11.2. The third-order valence-corrected chi connectivity index (χ3v) is 2.07. The van der Waals surface area contributed by atoms with E-state index in [0.717, 1.165) is 0 Å². The minimum Gasteiger partial charge on any atom is -0.294 e. The molecule has 2 aliphatic carbocycles. The van der Waals surface area contributed by atoms with Crippen molar-refractivity contribution in [2.24, 2.45) is 0 Å². The van der Waals surface area contributed by atoms with Crippen LogP contribution in [0.2, 0.25) is 0 Å². The molecule has 60 valence electrons. The number of hydrogen-bond donors (Lipinski definition) is 0. The molecule has 0 spiro atoms. The fraction of sp³-hybridized carbons (Fsp3) is 0.200. The molecule has 0 N–H and O–H groups in total. The smallest absolute Gasteiger partial charge is 0.167 e. The lowest BCUT2D eigenvalue weighted by Crippen LogP contribution is -2.02. The van der Waals surface area contributed by atoms with Gasteiger partial charge in [0.15, 0.2) is 11.6 Å². The van der Waals surface area contributed by atoms with Gasteiger partial charge in [-0.25, -0.2) is 0 Å². The second-order valence-corrected chi connectivity index (χ2v) is 2.89. The third-order valence-electron chi connectivity index (χ3n) is 2.07. The molecule has 12 heavy (non-hydrogen) atoms. The number of hydrogen-bond acceptors (Lipinski definition) is 2. The van der Waals surface area contributed by atoms with Crippen LogP contribution in [0.15, 0.2) is 35.5 Å². The summed E-state index contributed by atoms with van der Waals surface area (Å²) in [5.41, 5.74) is 1.18. The Bertz CT molecular complexity index is 309. The van der Waals surface area contributed by atoms with E-state index in [2.05, 4.69) is 0 Å². The summed E-state index contributed by atoms with van der Waals surface area (Å²) < 4.78 is 0. The van der Waals surface area contributed by atoms with Crippen LogP contribution in [0.1, 0.15) is 12.8 Å². The molecule has 2 heteroatoms. The number of ketones is 2. The zero-order valence-electron chi connectivity index (χ0n) is 6.54. The Kier molecular flexibility index (Phi) is 1.54. The molecule has 0 aromatic heterocycles. The Balaban J connectivity index is 2.48. The minimum atomic E-state index is 0.0601. The summed E-state index contributed by atoms with van der Waals surface area (Å²) >= 11 is 0. The van der Waals surface area contributed by atoms with Crippen molar-refractivity contribution in [1.29, 1.82) is 0 Å². The van der Waals surface area contributed by atoms with Crippen LogP contribution in [0, 0.1) is 0 Å². The summed E-state index contributed by atoms with van der Waals surface area (Å²) in [5.74, 6) is 0.120. The molecule has 0 aromatic carbocycles. The summed E-state index contributed by atoms with van der Waals surface area (Å²) in [6.45, 7) is 0. The molecule has 0 atom stereocenters. The van der Waals surface area contributed by atoms with Gasteiger partial charge in [-0.3, -0.25) is 9.59 Å². The Morgan fingerprint density at radius 3 is 1.50 bits per heavy atom. The van der Waals surface area contributed by atoms with Crippen molar-refractivity contribution in [1.82, 2.24) is 0 Å². The normalized spacial score (nSPS) is 27.7. The van der Waals surface area contributed by atoms with Crippen molar-refractivity contribution in [3.63, 3.8) is 0 Å². The van der Waals surface area contributed by atoms with Crippen LogP contribution in [0.5, 0.6) is 0 Å². The lowest BCUT2D eigenvalue weighted by atomic mass is 10.1. The highest BCUT2D eigenvalue weighted by Gasteiger charge is 2.21. The Hall–Kier alpha value is -1.44. The first-order valence-electron chi connectivity index (χ1n) is 3.93. The molecule has 0 unspecified atom stereocenters. The number of carbonyl (C=O) groups is 2. The first-order valence-corrected chi connectivity index (χ1v) is 3.93. The summed E-state index contributed by atoms with van der Waals surface area (Å²) in [6.07, 6.45) is 7.96. The van der Waals surface area contributed by atoms with Crippen LogP contribution in [-0.2, 0) is 9.59 Å². The van der Waals surface area contributed by atoms with Crippen LogP contribution in [0.25, 0.3) is 0 Å². The van der Waals surface area contributed by atoms with Gasteiger partial charge >= 0.3 is 0 Å². The van der Waals surface area contributed by atoms with Crippen molar-refractivity contribution < 1.29 is 9.59 Å². The predicted octanol–water partition coefficient (Wildman–Crippen LogP) is 1.34. The molecule has 2 nitrogen and oxygen atoms in total. The van der Waals surface area contributed by atoms with Gasteiger partial charge in [-0.2, -0.15) is 0 Å². The first-order chi connectivity index (χ1) is 5.79. The van der Waals surface area contributed by atoms with Crippen molar-refractivity contribution in [2.75, 3.05) is 0 Å². The number of Topliss-reactive ketones (excluding diaryl/α,β-unsaturated/α-hetero) is 2. The van der Waals surface area contributed by atoms with Crippen molar-refractivity contribution in [2.45, 2.75) is 12.8 Å². The summed E-state index contributed by atoms with van der Waals surface area (Å²) in [5, 5.41) is 0. The molecule has 0 radical (unpaired) electrons. The SMILES string of the molecule is O=C1CC=C/C1=C1/C=CCC1=O. The van der Waals surface area contributed by atoms with Crippen molar-refractivity contribution in [3.8, 4) is 0 Å². The molecule has 0 aromatic rings. The second kappa shape index (κ2) is 2.55. The molecule has 2 aliphatic rings. The van der Waals surface area contributed by atoms with Gasteiger partial charge in [0.25, 0.3) is 0 Å². The van der Waals surface area contributed by atoms with E-state index in [1.807, 2.05) is 0 Å². The molecule has 0 bridgehead atoms. The molecule has 0 amide bonds. The number of carbonyl (C=O) groups excluding carboxylic acids is 2. The van der Waals surface area contributed by atoms with E-state index in [1.165, 1.54) is 0 Å². The monoisotopic (exact) mass is 160 g/mol. The van der Waals surface area contributed by atoms with E-state index < -0.39 is 0 Å². The Morgan fingerprint density at radius 2 is 1.25 bits per heavy atom. The predicted molar refractivity (Wildman–Crippen MR) is 44.6 cm³/mol. The van der Waals surface area contributed by atoms with Gasteiger partial charge in [-0.15, -0.1) is 0 Å². The molecule has 0 saturated carbocycles. The van der Waals surface area contributed by atoms with Gasteiger partial charge in [0, 0.05) is 24.0 Å². The van der Waals surface area contributed by atoms with E-state index in [-0.39, 0.29) is 11.6 Å². The van der Waals surface area contributed by atoms with Crippen molar-refractivity contribution in [3.05, 3.63) is 35.5 Å². The van der Waals surface area contributed by atoms with Gasteiger partial charge in [0.2, 0.25) is 0 Å². The van der Waals surface area contributed by atoms with E-state index >= 15 is 0 Å². The molecule has 2 rings (SSSR count). The van der Waals surface area contributed by atoms with Gasteiger partial charge < -0.3 is 0 Å². The average Bonchev–Trinajstić information content (AvgIpc) is 2.59. The van der Waals surface area contributed by atoms with E-state index in [1.54, 1.807) is 24.3 Å². The highest BCUT2D eigenvalue weighted by Crippen LogP contribution is 2.22. The maximum Gasteiger partial charge on any atom is 0.167 e. The lowest BCUT2D eigenvalue weighted by molar-refractivity contribution is -0.116. The van der Waals surface area contributed by atoms with Crippen LogP contribution < -0.4 is 0 Å². The molecule has 0 fully saturated rings. The number of rotatable bonds is 0. The molecular formula is C10H8O2. The third kappa shape index (κ3) is 0.961. The van der Waals surface area contributed by atoms with Gasteiger partial charge in [-0.1, -0.05) is 24.3 Å². The Labute approximate surface area is 70.3 Å². The topological polar surface area (TPSA) is 34.1 Å². The fourth-order valence-corrected chi connectivity index (χ4v) is 1.45. The highest BCUT2D eigenvalue weighted by molar-refractivity contribution is 6.13. The number of allylic oxidation sites excluding steroid dienone is 6. The van der Waals surface area contributed by atoms with Crippen LogP contribution in [-0.4, -0.2) is 11.6 Å². The van der Waals surface area contributed by atoms with E-state index in [9.17, 15) is 9.59 Å². The highest BCUT2D eigenvalue weighted by atomic mass is 16.1. The lowest BCUT2D eigenvalue weighted by Gasteiger charge is -1.96. The van der Waals surface area contributed by atoms with E-state index in [4.69, 9.17) is 0 Å². The zero-order valence-corrected chi connectivity index (χ0v) is 6.54. The van der Waals surface area contributed by atoms with Gasteiger partial charge in [-0.05, 0) is 0 Å². The van der Waals surface area contributed by atoms with Gasteiger partial charge in [0.1, 0.15) is 0 Å². The van der Waals surface area contributed by atoms with Crippen LogP contribution in [0.3, 0.4) is 0 Å². The zero-order chi connectivity index (χ0) is 8.55. The van der Waals surface area contributed by atoms with Crippen LogP contribution in [0.4, 0.5) is 0 Å². The fourth-order valence-electron chi connectivity index (χ4n) is 1.45. The largest absolute Gasteiger partial charge is 0.294 e. The Morgan fingerprint density at radius 1 is 0.833 bits per heavy atom. The standard InChI is InChI=1S/C10H8O2/c11-9-5-1-3-7(9)8-4-2-6-10(8)12/h1-4H,5-6H2/b8-7+. The molecule has 0 saturated heterocycles.